The van der Waals surface area contributed by atoms with Crippen molar-refractivity contribution in [3.63, 3.8) is 0 Å². The van der Waals surface area contributed by atoms with E-state index in [0.29, 0.717) is 43.6 Å². The highest BCUT2D eigenvalue weighted by Crippen LogP contribution is 2.37. The standard InChI is InChI=1S/C28H32FN5O3.2ClH/c1-18-25(27(37-20(3)35)33-14-16-36-17-15-33)31-28(30-23-10-8-22(29)9-11-23)32-26(18)34-13-12-21-6-4-5-7-24(21)19(34)2;;/h4-11,19,27H,12-17H2,1-3H3,(H,30,31,32);2*1H. The SMILES string of the molecule is CC(=O)OC(c1nc(Nc2ccc(F)cc2)nc(N2CCc3ccccc3C2C)c1C)N1CCOCC1.Cl.Cl. The van der Waals surface area contributed by atoms with Crippen LogP contribution in [-0.2, 0) is 20.7 Å². The first-order valence-corrected chi connectivity index (χ1v) is 12.7. The van der Waals surface area contributed by atoms with Crippen LogP contribution in [0.25, 0.3) is 0 Å². The summed E-state index contributed by atoms with van der Waals surface area (Å²) >= 11 is 0. The number of halogens is 3. The Kier molecular flexibility index (Phi) is 10.5. The van der Waals surface area contributed by atoms with Gasteiger partial charge in [-0.2, -0.15) is 4.98 Å². The average molecular weight is 579 g/mol. The van der Waals surface area contributed by atoms with E-state index in [9.17, 15) is 9.18 Å². The lowest BCUT2D eigenvalue weighted by atomic mass is 9.93. The number of carbonyl (C=O) groups is 1. The molecule has 11 heteroatoms. The molecule has 210 valence electrons. The van der Waals surface area contributed by atoms with Gasteiger partial charge in [-0.05, 0) is 55.7 Å². The number of esters is 1. The Bertz CT molecular complexity index is 1270. The van der Waals surface area contributed by atoms with Crippen LogP contribution in [0.1, 0.15) is 48.5 Å². The molecule has 2 aliphatic rings. The minimum Gasteiger partial charge on any atom is -0.440 e. The summed E-state index contributed by atoms with van der Waals surface area (Å²) in [7, 11) is 0. The topological polar surface area (TPSA) is 79.8 Å². The number of benzene rings is 2. The van der Waals surface area contributed by atoms with Crippen LogP contribution in [0.5, 0.6) is 0 Å². The fourth-order valence-electron chi connectivity index (χ4n) is 5.09. The monoisotopic (exact) mass is 577 g/mol. The number of aromatic nitrogens is 2. The molecular formula is C28H34Cl2FN5O3. The zero-order valence-corrected chi connectivity index (χ0v) is 23.9. The van der Waals surface area contributed by atoms with Crippen molar-refractivity contribution in [2.45, 2.75) is 39.5 Å². The molecule has 0 spiro atoms. The van der Waals surface area contributed by atoms with E-state index in [0.717, 1.165) is 24.3 Å². The van der Waals surface area contributed by atoms with Crippen molar-refractivity contribution in [3.05, 3.63) is 76.7 Å². The molecule has 39 heavy (non-hydrogen) atoms. The van der Waals surface area contributed by atoms with Gasteiger partial charge in [0, 0.05) is 37.8 Å². The first-order valence-electron chi connectivity index (χ1n) is 12.7. The Balaban J connectivity index is 0.00000210. The molecule has 5 rings (SSSR count). The van der Waals surface area contributed by atoms with E-state index in [2.05, 4.69) is 46.3 Å². The molecule has 2 aliphatic heterocycles. The van der Waals surface area contributed by atoms with E-state index in [4.69, 9.17) is 19.4 Å². The summed E-state index contributed by atoms with van der Waals surface area (Å²) in [6.45, 7) is 8.70. The smallest absolute Gasteiger partial charge is 0.304 e. The van der Waals surface area contributed by atoms with Crippen LogP contribution in [-0.4, -0.2) is 53.7 Å². The molecule has 2 atom stereocenters. The number of fused-ring (bicyclic) bond motifs is 1. The molecule has 1 N–H and O–H groups in total. The zero-order chi connectivity index (χ0) is 25.9. The predicted molar refractivity (Wildman–Crippen MR) is 154 cm³/mol. The van der Waals surface area contributed by atoms with Crippen LogP contribution in [0.15, 0.2) is 48.5 Å². The van der Waals surface area contributed by atoms with Gasteiger partial charge in [-0.15, -0.1) is 24.8 Å². The number of ether oxygens (including phenoxy) is 2. The summed E-state index contributed by atoms with van der Waals surface area (Å²) in [5.74, 6) is 0.435. The predicted octanol–water partition coefficient (Wildman–Crippen LogP) is 5.53. The van der Waals surface area contributed by atoms with Gasteiger partial charge in [0.25, 0.3) is 0 Å². The highest BCUT2D eigenvalue weighted by molar-refractivity contribution is 5.85. The molecule has 0 bridgehead atoms. The summed E-state index contributed by atoms with van der Waals surface area (Å²) < 4.78 is 24.9. The fourth-order valence-corrected chi connectivity index (χ4v) is 5.09. The minimum absolute atomic E-state index is 0. The number of rotatable bonds is 6. The van der Waals surface area contributed by atoms with Crippen LogP contribution in [0.4, 0.5) is 21.8 Å². The second-order valence-corrected chi connectivity index (χ2v) is 9.44. The zero-order valence-electron chi connectivity index (χ0n) is 22.2. The third kappa shape index (κ3) is 6.78. The molecule has 0 aliphatic carbocycles. The minimum atomic E-state index is -0.677. The van der Waals surface area contributed by atoms with Crippen LogP contribution < -0.4 is 10.2 Å². The number of nitrogens with one attached hydrogen (secondary N) is 1. The second-order valence-electron chi connectivity index (χ2n) is 9.44. The van der Waals surface area contributed by atoms with Gasteiger partial charge >= 0.3 is 5.97 Å². The molecule has 3 aromatic rings. The number of hydrogen-bond donors (Lipinski definition) is 1. The second kappa shape index (κ2) is 13.4. The summed E-state index contributed by atoms with van der Waals surface area (Å²) in [4.78, 5) is 26.3. The van der Waals surface area contributed by atoms with Crippen LogP contribution >= 0.6 is 24.8 Å². The van der Waals surface area contributed by atoms with Gasteiger partial charge in [0.05, 0.1) is 19.3 Å². The van der Waals surface area contributed by atoms with Crippen LogP contribution in [0.3, 0.4) is 0 Å². The molecule has 0 saturated carbocycles. The van der Waals surface area contributed by atoms with Crippen LogP contribution in [0, 0.1) is 12.7 Å². The molecule has 1 fully saturated rings. The van der Waals surface area contributed by atoms with E-state index in [1.54, 1.807) is 12.1 Å². The van der Waals surface area contributed by atoms with Gasteiger partial charge < -0.3 is 19.7 Å². The third-order valence-electron chi connectivity index (χ3n) is 7.01. The number of nitrogens with zero attached hydrogens (tertiary/aromatic N) is 4. The quantitative estimate of drug-likeness (QED) is 0.383. The molecule has 0 radical (unpaired) electrons. The number of hydrogen-bond acceptors (Lipinski definition) is 8. The van der Waals surface area contributed by atoms with E-state index in [1.165, 1.54) is 30.2 Å². The normalized spacial score (nSPS) is 17.7. The molecule has 8 nitrogen and oxygen atoms in total. The lowest BCUT2D eigenvalue weighted by molar-refractivity contribution is -0.162. The molecule has 2 aromatic carbocycles. The first-order chi connectivity index (χ1) is 17.9. The highest BCUT2D eigenvalue weighted by atomic mass is 35.5. The molecule has 0 amide bonds. The largest absolute Gasteiger partial charge is 0.440 e. The van der Waals surface area contributed by atoms with Crippen molar-refractivity contribution in [1.29, 1.82) is 0 Å². The third-order valence-corrected chi connectivity index (χ3v) is 7.01. The fraction of sp³-hybridized carbons (Fsp3) is 0.393. The summed E-state index contributed by atoms with van der Waals surface area (Å²) in [5, 5.41) is 3.22. The van der Waals surface area contributed by atoms with E-state index >= 15 is 0 Å². The lowest BCUT2D eigenvalue weighted by Crippen LogP contribution is -2.42. The molecule has 3 heterocycles. The van der Waals surface area contributed by atoms with Gasteiger partial charge in [-0.25, -0.2) is 9.37 Å². The molecule has 1 saturated heterocycles. The van der Waals surface area contributed by atoms with Gasteiger partial charge in [-0.1, -0.05) is 24.3 Å². The molecule has 2 unspecified atom stereocenters. The highest BCUT2D eigenvalue weighted by Gasteiger charge is 2.33. The van der Waals surface area contributed by atoms with Gasteiger partial charge in [0.15, 0.2) is 6.23 Å². The van der Waals surface area contributed by atoms with E-state index in [1.807, 2.05) is 6.92 Å². The Hall–Kier alpha value is -2.98. The Labute approximate surface area is 240 Å². The van der Waals surface area contributed by atoms with E-state index < -0.39 is 6.23 Å². The first kappa shape index (κ1) is 30.6. The van der Waals surface area contributed by atoms with Crippen molar-refractivity contribution in [1.82, 2.24) is 14.9 Å². The average Bonchev–Trinajstić information content (AvgIpc) is 2.91. The lowest BCUT2D eigenvalue weighted by Gasteiger charge is -2.38. The Morgan fingerprint density at radius 1 is 1.08 bits per heavy atom. The van der Waals surface area contributed by atoms with Crippen LogP contribution in [0.2, 0.25) is 0 Å². The van der Waals surface area contributed by atoms with Crippen molar-refractivity contribution >= 4 is 48.2 Å². The number of morpholine rings is 1. The number of anilines is 3. The Morgan fingerprint density at radius 3 is 2.46 bits per heavy atom. The van der Waals surface area contributed by atoms with Crippen molar-refractivity contribution in [2.24, 2.45) is 0 Å². The van der Waals surface area contributed by atoms with Crippen molar-refractivity contribution < 1.29 is 18.7 Å². The van der Waals surface area contributed by atoms with E-state index in [-0.39, 0.29) is 42.6 Å². The van der Waals surface area contributed by atoms with Crippen molar-refractivity contribution in [2.75, 3.05) is 43.1 Å². The maximum atomic E-state index is 13.5. The van der Waals surface area contributed by atoms with Gasteiger partial charge in [0.2, 0.25) is 5.95 Å². The summed E-state index contributed by atoms with van der Waals surface area (Å²) in [5.41, 5.74) is 4.75. The number of carbonyl (C=O) groups excluding carboxylic acids is 1. The summed E-state index contributed by atoms with van der Waals surface area (Å²) in [6, 6.07) is 14.6. The van der Waals surface area contributed by atoms with Crippen molar-refractivity contribution in [3.8, 4) is 0 Å². The molecule has 1 aromatic heterocycles. The maximum Gasteiger partial charge on any atom is 0.304 e. The molecular weight excluding hydrogens is 544 g/mol. The van der Waals surface area contributed by atoms with Gasteiger partial charge in [-0.3, -0.25) is 9.69 Å². The maximum absolute atomic E-state index is 13.5. The van der Waals surface area contributed by atoms with Gasteiger partial charge in [0.1, 0.15) is 17.3 Å². The Morgan fingerprint density at radius 2 is 1.77 bits per heavy atom. The summed E-state index contributed by atoms with van der Waals surface area (Å²) in [6.07, 6.45) is 0.223.